The van der Waals surface area contributed by atoms with Crippen molar-refractivity contribution in [3.63, 3.8) is 0 Å². The molecule has 0 atom stereocenters. The van der Waals surface area contributed by atoms with Crippen molar-refractivity contribution in [1.82, 2.24) is 5.32 Å². The summed E-state index contributed by atoms with van der Waals surface area (Å²) in [5.74, 6) is 0.155. The summed E-state index contributed by atoms with van der Waals surface area (Å²) in [5, 5.41) is 2.98. The second-order valence-corrected chi connectivity index (χ2v) is 5.36. The standard InChI is InChI=1S/C19H27NO/c1-4-17(5-2)9-7-15-20-19(21)10-6-8-18-13-11-16(3)12-14-18/h4-5,11-14H,1,6-10,15H2,2-3H3,(H,20,21)/b17-5+. The molecule has 0 saturated heterocycles. The highest BCUT2D eigenvalue weighted by Gasteiger charge is 2.01. The zero-order valence-electron chi connectivity index (χ0n) is 13.3. The summed E-state index contributed by atoms with van der Waals surface area (Å²) < 4.78 is 0. The smallest absolute Gasteiger partial charge is 0.220 e. The van der Waals surface area contributed by atoms with Gasteiger partial charge in [-0.15, -0.1) is 0 Å². The number of aryl methyl sites for hydroxylation is 2. The fraction of sp³-hybridized carbons (Fsp3) is 0.421. The Bertz CT molecular complexity index is 471. The SMILES string of the molecule is C=C/C(=C\C)CCCNC(=O)CCCc1ccc(C)cc1. The molecule has 0 aliphatic heterocycles. The first kappa shape index (κ1) is 17.2. The van der Waals surface area contributed by atoms with Crippen LogP contribution in [0.3, 0.4) is 0 Å². The number of allylic oxidation sites excluding steroid dienone is 3. The van der Waals surface area contributed by atoms with Crippen molar-refractivity contribution >= 4 is 5.91 Å². The van der Waals surface area contributed by atoms with Crippen LogP contribution >= 0.6 is 0 Å². The van der Waals surface area contributed by atoms with Gasteiger partial charge in [-0.25, -0.2) is 0 Å². The predicted molar refractivity (Wildman–Crippen MR) is 90.3 cm³/mol. The first-order valence-electron chi connectivity index (χ1n) is 7.75. The van der Waals surface area contributed by atoms with Gasteiger partial charge in [0.05, 0.1) is 0 Å². The van der Waals surface area contributed by atoms with E-state index >= 15 is 0 Å². The molecule has 0 spiro atoms. The summed E-state index contributed by atoms with van der Waals surface area (Å²) in [6.07, 6.45) is 8.36. The van der Waals surface area contributed by atoms with Crippen LogP contribution in [0.1, 0.15) is 43.7 Å². The van der Waals surface area contributed by atoms with E-state index in [2.05, 4.69) is 49.2 Å². The topological polar surface area (TPSA) is 29.1 Å². The number of carbonyl (C=O) groups excluding carboxylic acids is 1. The molecule has 21 heavy (non-hydrogen) atoms. The Morgan fingerprint density at radius 3 is 2.52 bits per heavy atom. The van der Waals surface area contributed by atoms with Gasteiger partial charge in [0, 0.05) is 13.0 Å². The summed E-state index contributed by atoms with van der Waals surface area (Å²) in [5.41, 5.74) is 3.82. The third-order valence-corrected chi connectivity index (χ3v) is 3.59. The lowest BCUT2D eigenvalue weighted by Gasteiger charge is -2.06. The molecule has 0 bridgehead atoms. The average Bonchev–Trinajstić information content (AvgIpc) is 2.49. The van der Waals surface area contributed by atoms with Crippen LogP contribution < -0.4 is 5.32 Å². The maximum atomic E-state index is 11.7. The van der Waals surface area contributed by atoms with Gasteiger partial charge < -0.3 is 5.32 Å². The van der Waals surface area contributed by atoms with Gasteiger partial charge in [-0.3, -0.25) is 4.79 Å². The predicted octanol–water partition coefficient (Wildman–Crippen LogP) is 4.35. The number of nitrogens with one attached hydrogen (secondary N) is 1. The van der Waals surface area contributed by atoms with Crippen molar-refractivity contribution in [1.29, 1.82) is 0 Å². The molecule has 2 nitrogen and oxygen atoms in total. The van der Waals surface area contributed by atoms with Crippen molar-refractivity contribution < 1.29 is 4.79 Å². The van der Waals surface area contributed by atoms with Crippen molar-refractivity contribution in [2.24, 2.45) is 0 Å². The Morgan fingerprint density at radius 1 is 1.19 bits per heavy atom. The molecule has 0 unspecified atom stereocenters. The van der Waals surface area contributed by atoms with Crippen LogP contribution in [0.4, 0.5) is 0 Å². The highest BCUT2D eigenvalue weighted by molar-refractivity contribution is 5.75. The van der Waals surface area contributed by atoms with E-state index in [1.165, 1.54) is 16.7 Å². The molecule has 1 N–H and O–H groups in total. The fourth-order valence-electron chi connectivity index (χ4n) is 2.18. The molecule has 0 aromatic heterocycles. The van der Waals surface area contributed by atoms with Crippen LogP contribution in [0.5, 0.6) is 0 Å². The van der Waals surface area contributed by atoms with Crippen LogP contribution in [-0.2, 0) is 11.2 Å². The third-order valence-electron chi connectivity index (χ3n) is 3.59. The number of benzene rings is 1. The van der Waals surface area contributed by atoms with Gasteiger partial charge >= 0.3 is 0 Å². The van der Waals surface area contributed by atoms with Crippen molar-refractivity contribution in [3.8, 4) is 0 Å². The Hall–Kier alpha value is -1.83. The Labute approximate surface area is 129 Å². The highest BCUT2D eigenvalue weighted by Crippen LogP contribution is 2.07. The fourth-order valence-corrected chi connectivity index (χ4v) is 2.18. The van der Waals surface area contributed by atoms with Crippen molar-refractivity contribution in [2.45, 2.75) is 46.0 Å². The van der Waals surface area contributed by atoms with Crippen LogP contribution in [0.25, 0.3) is 0 Å². The minimum absolute atomic E-state index is 0.155. The molecule has 0 radical (unpaired) electrons. The summed E-state index contributed by atoms with van der Waals surface area (Å²) in [6, 6.07) is 8.52. The van der Waals surface area contributed by atoms with E-state index in [1.54, 1.807) is 0 Å². The third kappa shape index (κ3) is 7.50. The van der Waals surface area contributed by atoms with E-state index in [-0.39, 0.29) is 5.91 Å². The second kappa shape index (κ2) is 9.98. The zero-order valence-corrected chi connectivity index (χ0v) is 13.3. The number of rotatable bonds is 9. The minimum atomic E-state index is 0.155. The van der Waals surface area contributed by atoms with E-state index in [1.807, 2.05) is 13.0 Å². The molecule has 0 aliphatic rings. The molecule has 1 aromatic rings. The molecule has 0 heterocycles. The first-order chi connectivity index (χ1) is 10.2. The molecule has 1 amide bonds. The van der Waals surface area contributed by atoms with Gasteiger partial charge in [0.15, 0.2) is 0 Å². The number of hydrogen-bond donors (Lipinski definition) is 1. The van der Waals surface area contributed by atoms with E-state index in [4.69, 9.17) is 0 Å². The normalized spacial score (nSPS) is 11.2. The second-order valence-electron chi connectivity index (χ2n) is 5.36. The van der Waals surface area contributed by atoms with Gasteiger partial charge in [-0.1, -0.05) is 54.1 Å². The molecule has 0 fully saturated rings. The van der Waals surface area contributed by atoms with Gasteiger partial charge in [0.2, 0.25) is 5.91 Å². The minimum Gasteiger partial charge on any atom is -0.356 e. The number of amides is 1. The van der Waals surface area contributed by atoms with E-state index in [9.17, 15) is 4.79 Å². The maximum absolute atomic E-state index is 11.7. The lowest BCUT2D eigenvalue weighted by Crippen LogP contribution is -2.24. The Morgan fingerprint density at radius 2 is 1.90 bits per heavy atom. The molecular formula is C19H27NO. The van der Waals surface area contributed by atoms with Crippen LogP contribution in [0.2, 0.25) is 0 Å². The first-order valence-corrected chi connectivity index (χ1v) is 7.75. The molecule has 2 heteroatoms. The summed E-state index contributed by atoms with van der Waals surface area (Å²) in [7, 11) is 0. The van der Waals surface area contributed by atoms with Crippen LogP contribution in [-0.4, -0.2) is 12.5 Å². The lowest BCUT2D eigenvalue weighted by molar-refractivity contribution is -0.121. The highest BCUT2D eigenvalue weighted by atomic mass is 16.1. The van der Waals surface area contributed by atoms with Gasteiger partial charge in [-0.05, 0) is 45.1 Å². The Kier molecular flexibility index (Phi) is 8.18. The zero-order chi connectivity index (χ0) is 15.5. The molecule has 0 aliphatic carbocycles. The average molecular weight is 285 g/mol. The molecule has 1 aromatic carbocycles. The van der Waals surface area contributed by atoms with E-state index < -0.39 is 0 Å². The van der Waals surface area contributed by atoms with Gasteiger partial charge in [-0.2, -0.15) is 0 Å². The van der Waals surface area contributed by atoms with Gasteiger partial charge in [0.1, 0.15) is 0 Å². The number of carbonyl (C=O) groups is 1. The van der Waals surface area contributed by atoms with E-state index in [0.29, 0.717) is 6.42 Å². The summed E-state index contributed by atoms with van der Waals surface area (Å²) in [4.78, 5) is 11.7. The maximum Gasteiger partial charge on any atom is 0.220 e. The summed E-state index contributed by atoms with van der Waals surface area (Å²) >= 11 is 0. The van der Waals surface area contributed by atoms with Crippen molar-refractivity contribution in [2.75, 3.05) is 6.54 Å². The molecular weight excluding hydrogens is 258 g/mol. The Balaban J connectivity index is 2.11. The lowest BCUT2D eigenvalue weighted by atomic mass is 10.1. The van der Waals surface area contributed by atoms with Crippen LogP contribution in [0, 0.1) is 6.92 Å². The monoisotopic (exact) mass is 285 g/mol. The van der Waals surface area contributed by atoms with Gasteiger partial charge in [0.25, 0.3) is 0 Å². The van der Waals surface area contributed by atoms with Crippen molar-refractivity contribution in [3.05, 3.63) is 59.7 Å². The molecule has 0 saturated carbocycles. The summed E-state index contributed by atoms with van der Waals surface area (Å²) in [6.45, 7) is 8.61. The molecule has 1 rings (SSSR count). The quantitative estimate of drug-likeness (QED) is 0.530. The largest absolute Gasteiger partial charge is 0.356 e. The molecule has 114 valence electrons. The van der Waals surface area contributed by atoms with Crippen LogP contribution in [0.15, 0.2) is 48.6 Å². The number of hydrogen-bond acceptors (Lipinski definition) is 1. The van der Waals surface area contributed by atoms with E-state index in [0.717, 1.165) is 32.2 Å².